The molecule has 0 bridgehead atoms. The lowest BCUT2D eigenvalue weighted by Crippen LogP contribution is -2.50. The summed E-state index contributed by atoms with van der Waals surface area (Å²) in [5, 5.41) is 4.00. The fourth-order valence-corrected chi connectivity index (χ4v) is 3.52. The molecule has 7 heteroatoms. The summed E-state index contributed by atoms with van der Waals surface area (Å²) in [5.41, 5.74) is 0.961. The number of hydrogen-bond donors (Lipinski definition) is 1. The van der Waals surface area contributed by atoms with Gasteiger partial charge in [-0.3, -0.25) is 9.59 Å². The molecule has 0 radical (unpaired) electrons. The van der Waals surface area contributed by atoms with Crippen molar-refractivity contribution in [3.8, 4) is 0 Å². The summed E-state index contributed by atoms with van der Waals surface area (Å²) in [5.74, 6) is -0.132. The van der Waals surface area contributed by atoms with E-state index in [1.165, 1.54) is 0 Å². The molecule has 1 aromatic rings. The molecule has 0 aliphatic carbocycles. The third-order valence-corrected chi connectivity index (χ3v) is 4.83. The average molecular weight is 358 g/mol. The minimum Gasteiger partial charge on any atom is -0.345 e. The molecule has 0 saturated carbocycles. The van der Waals surface area contributed by atoms with E-state index in [1.807, 2.05) is 29.2 Å². The van der Waals surface area contributed by atoms with Gasteiger partial charge in [0.1, 0.15) is 0 Å². The number of rotatable bonds is 2. The Bertz CT molecular complexity index is 596. The zero-order valence-electron chi connectivity index (χ0n) is 13.0. The SMILES string of the molecule is CN1CC(C(=O)N2CCNCC2c2ccccc2Cl)CC1=O.Cl. The molecule has 5 nitrogen and oxygen atoms in total. The maximum absolute atomic E-state index is 12.9. The van der Waals surface area contributed by atoms with Crippen LogP contribution in [-0.4, -0.2) is 54.8 Å². The Labute approximate surface area is 147 Å². The summed E-state index contributed by atoms with van der Waals surface area (Å²) in [6.45, 7) is 2.61. The van der Waals surface area contributed by atoms with Crippen molar-refractivity contribution < 1.29 is 9.59 Å². The van der Waals surface area contributed by atoms with Crippen molar-refractivity contribution in [2.45, 2.75) is 12.5 Å². The van der Waals surface area contributed by atoms with Gasteiger partial charge in [-0.05, 0) is 11.6 Å². The quantitative estimate of drug-likeness (QED) is 0.876. The van der Waals surface area contributed by atoms with E-state index in [1.54, 1.807) is 11.9 Å². The zero-order valence-corrected chi connectivity index (χ0v) is 14.6. The molecule has 2 unspecified atom stereocenters. The van der Waals surface area contributed by atoms with Gasteiger partial charge in [0.15, 0.2) is 0 Å². The van der Waals surface area contributed by atoms with Crippen LogP contribution >= 0.6 is 24.0 Å². The first kappa shape index (κ1) is 18.0. The molecule has 2 amide bonds. The molecule has 126 valence electrons. The van der Waals surface area contributed by atoms with Gasteiger partial charge in [-0.2, -0.15) is 0 Å². The second kappa shape index (κ2) is 7.51. The standard InChI is InChI=1S/C16H20ClN3O2.ClH/c1-19-10-11(8-15(19)21)16(22)20-7-6-18-9-14(20)12-4-2-3-5-13(12)17;/h2-5,11,14,18H,6-10H2,1H3;1H. The molecule has 0 aromatic heterocycles. The van der Waals surface area contributed by atoms with Gasteiger partial charge in [0.2, 0.25) is 11.8 Å². The van der Waals surface area contributed by atoms with E-state index >= 15 is 0 Å². The monoisotopic (exact) mass is 357 g/mol. The summed E-state index contributed by atoms with van der Waals surface area (Å²) in [6, 6.07) is 7.56. The van der Waals surface area contributed by atoms with Crippen LogP contribution in [0.25, 0.3) is 0 Å². The summed E-state index contributed by atoms with van der Waals surface area (Å²) in [7, 11) is 1.75. The third-order valence-electron chi connectivity index (χ3n) is 4.48. The van der Waals surface area contributed by atoms with Gasteiger partial charge in [-0.15, -0.1) is 12.4 Å². The molecular formula is C16H21Cl2N3O2. The maximum atomic E-state index is 12.9. The fourth-order valence-electron chi connectivity index (χ4n) is 3.25. The van der Waals surface area contributed by atoms with Crippen LogP contribution in [0.2, 0.25) is 5.02 Å². The van der Waals surface area contributed by atoms with Crippen LogP contribution in [0, 0.1) is 5.92 Å². The molecule has 2 aliphatic rings. The van der Waals surface area contributed by atoms with Gasteiger partial charge in [0.05, 0.1) is 12.0 Å². The van der Waals surface area contributed by atoms with Crippen molar-refractivity contribution in [2.24, 2.45) is 5.92 Å². The van der Waals surface area contributed by atoms with Crippen LogP contribution in [0.15, 0.2) is 24.3 Å². The van der Waals surface area contributed by atoms with E-state index < -0.39 is 0 Å². The molecule has 2 fully saturated rings. The summed E-state index contributed by atoms with van der Waals surface area (Å²) in [4.78, 5) is 28.1. The maximum Gasteiger partial charge on any atom is 0.228 e. The van der Waals surface area contributed by atoms with Crippen molar-refractivity contribution in [1.29, 1.82) is 0 Å². The van der Waals surface area contributed by atoms with Crippen LogP contribution in [0.1, 0.15) is 18.0 Å². The molecule has 2 atom stereocenters. The molecule has 1 N–H and O–H groups in total. The normalized spacial score (nSPS) is 24.5. The number of benzene rings is 1. The smallest absolute Gasteiger partial charge is 0.228 e. The molecule has 2 saturated heterocycles. The number of likely N-dealkylation sites (tertiary alicyclic amines) is 1. The van der Waals surface area contributed by atoms with E-state index in [0.717, 1.165) is 12.1 Å². The molecular weight excluding hydrogens is 337 g/mol. The summed E-state index contributed by atoms with van der Waals surface area (Å²) in [6.07, 6.45) is 0.314. The van der Waals surface area contributed by atoms with E-state index in [2.05, 4.69) is 5.32 Å². The van der Waals surface area contributed by atoms with Crippen molar-refractivity contribution in [2.75, 3.05) is 33.2 Å². The Morgan fingerprint density at radius 2 is 2.09 bits per heavy atom. The first-order valence-electron chi connectivity index (χ1n) is 7.57. The Balaban J connectivity index is 0.00000192. The highest BCUT2D eigenvalue weighted by molar-refractivity contribution is 6.31. The Morgan fingerprint density at radius 3 is 2.74 bits per heavy atom. The number of nitrogens with zero attached hydrogens (tertiary/aromatic N) is 2. The molecule has 1 aromatic carbocycles. The molecule has 0 spiro atoms. The van der Waals surface area contributed by atoms with Crippen molar-refractivity contribution in [3.05, 3.63) is 34.9 Å². The third kappa shape index (κ3) is 3.62. The van der Waals surface area contributed by atoms with Gasteiger partial charge in [-0.1, -0.05) is 29.8 Å². The van der Waals surface area contributed by atoms with Gasteiger partial charge >= 0.3 is 0 Å². The van der Waals surface area contributed by atoms with Crippen molar-refractivity contribution in [3.63, 3.8) is 0 Å². The van der Waals surface area contributed by atoms with Crippen molar-refractivity contribution >= 4 is 35.8 Å². The predicted octanol–water partition coefficient (Wildman–Crippen LogP) is 1.71. The average Bonchev–Trinajstić information content (AvgIpc) is 2.87. The molecule has 2 heterocycles. The van der Waals surface area contributed by atoms with E-state index in [0.29, 0.717) is 31.1 Å². The van der Waals surface area contributed by atoms with Crippen LogP contribution in [0.3, 0.4) is 0 Å². The topological polar surface area (TPSA) is 52.7 Å². The summed E-state index contributed by atoms with van der Waals surface area (Å²) >= 11 is 6.31. The lowest BCUT2D eigenvalue weighted by Gasteiger charge is -2.38. The minimum absolute atomic E-state index is 0. The number of hydrogen-bond acceptors (Lipinski definition) is 3. The van der Waals surface area contributed by atoms with E-state index in [-0.39, 0.29) is 36.2 Å². The van der Waals surface area contributed by atoms with E-state index in [4.69, 9.17) is 11.6 Å². The van der Waals surface area contributed by atoms with Gasteiger partial charge < -0.3 is 15.1 Å². The van der Waals surface area contributed by atoms with Crippen molar-refractivity contribution in [1.82, 2.24) is 15.1 Å². The summed E-state index contributed by atoms with van der Waals surface area (Å²) < 4.78 is 0. The van der Waals surface area contributed by atoms with Gasteiger partial charge in [-0.25, -0.2) is 0 Å². The molecule has 23 heavy (non-hydrogen) atoms. The van der Waals surface area contributed by atoms with Crippen LogP contribution in [0.5, 0.6) is 0 Å². The number of halogens is 2. The minimum atomic E-state index is -0.236. The van der Waals surface area contributed by atoms with Crippen LogP contribution < -0.4 is 5.32 Å². The highest BCUT2D eigenvalue weighted by Gasteiger charge is 2.38. The zero-order chi connectivity index (χ0) is 15.7. The molecule has 2 aliphatic heterocycles. The van der Waals surface area contributed by atoms with E-state index in [9.17, 15) is 9.59 Å². The number of piperazine rings is 1. The molecule has 3 rings (SSSR count). The number of nitrogens with one attached hydrogen (secondary N) is 1. The van der Waals surface area contributed by atoms with Crippen LogP contribution in [-0.2, 0) is 9.59 Å². The second-order valence-corrected chi connectivity index (χ2v) is 6.36. The largest absolute Gasteiger partial charge is 0.345 e. The van der Waals surface area contributed by atoms with Gasteiger partial charge in [0, 0.05) is 44.7 Å². The predicted molar refractivity (Wildman–Crippen MR) is 91.8 cm³/mol. The number of carbonyl (C=O) groups is 2. The fraction of sp³-hybridized carbons (Fsp3) is 0.500. The van der Waals surface area contributed by atoms with Crippen LogP contribution in [0.4, 0.5) is 0 Å². The number of carbonyl (C=O) groups excluding carboxylic acids is 2. The Kier molecular flexibility index (Phi) is 5.89. The van der Waals surface area contributed by atoms with Gasteiger partial charge in [0.25, 0.3) is 0 Å². The Morgan fingerprint density at radius 1 is 1.35 bits per heavy atom. The lowest BCUT2D eigenvalue weighted by atomic mass is 9.99. The lowest BCUT2D eigenvalue weighted by molar-refractivity contribution is -0.139. The highest BCUT2D eigenvalue weighted by atomic mass is 35.5. The first-order chi connectivity index (χ1) is 10.6. The Hall–Kier alpha value is -1.30. The first-order valence-corrected chi connectivity index (χ1v) is 7.95. The number of amides is 2. The highest BCUT2D eigenvalue weighted by Crippen LogP contribution is 2.31. The second-order valence-electron chi connectivity index (χ2n) is 5.95.